The van der Waals surface area contributed by atoms with Gasteiger partial charge in [0, 0.05) is 35.7 Å². The van der Waals surface area contributed by atoms with Crippen LogP contribution in [0.25, 0.3) is 11.3 Å². The Labute approximate surface area is 145 Å². The summed E-state index contributed by atoms with van der Waals surface area (Å²) in [6.07, 6.45) is 1.89. The Hall–Kier alpha value is -1.21. The van der Waals surface area contributed by atoms with Gasteiger partial charge in [-0.3, -0.25) is 4.90 Å². The first-order valence-electron chi connectivity index (χ1n) is 8.05. The number of aromatic nitrogens is 2. The Balaban J connectivity index is 1.49. The van der Waals surface area contributed by atoms with Gasteiger partial charge in [0.05, 0.1) is 31.6 Å². The average Bonchev–Trinajstić information content (AvgIpc) is 3.04. The molecule has 1 aromatic heterocycles. The predicted octanol–water partition coefficient (Wildman–Crippen LogP) is 2.65. The molecule has 124 valence electrons. The van der Waals surface area contributed by atoms with E-state index in [4.69, 9.17) is 4.74 Å². The van der Waals surface area contributed by atoms with Crippen LogP contribution in [0, 0.1) is 0 Å². The van der Waals surface area contributed by atoms with Crippen molar-refractivity contribution in [1.82, 2.24) is 20.2 Å². The topological polar surface area (TPSA) is 53.2 Å². The Bertz CT molecular complexity index is 625. The monoisotopic (exact) mass is 378 g/mol. The summed E-state index contributed by atoms with van der Waals surface area (Å²) in [5.41, 5.74) is 2.18. The lowest BCUT2D eigenvalue weighted by Gasteiger charge is -2.32. The maximum absolute atomic E-state index is 5.40. The predicted molar refractivity (Wildman–Crippen MR) is 95.3 cm³/mol. The van der Waals surface area contributed by atoms with Crippen LogP contribution in [0.2, 0.25) is 0 Å². The summed E-state index contributed by atoms with van der Waals surface area (Å²) in [5, 5.41) is 3.49. The molecule has 1 atom stereocenters. The van der Waals surface area contributed by atoms with Crippen LogP contribution >= 0.6 is 15.9 Å². The average molecular weight is 379 g/mol. The van der Waals surface area contributed by atoms with Crippen molar-refractivity contribution in [3.8, 4) is 11.3 Å². The number of rotatable bonds is 6. The molecule has 23 heavy (non-hydrogen) atoms. The van der Waals surface area contributed by atoms with Crippen molar-refractivity contribution < 1.29 is 4.74 Å². The van der Waals surface area contributed by atoms with Crippen LogP contribution in [0.15, 0.2) is 34.9 Å². The fourth-order valence-corrected chi connectivity index (χ4v) is 3.20. The molecule has 1 aliphatic heterocycles. The van der Waals surface area contributed by atoms with Crippen molar-refractivity contribution in [3.63, 3.8) is 0 Å². The number of hydrogen-bond acceptors (Lipinski definition) is 4. The summed E-state index contributed by atoms with van der Waals surface area (Å²) >= 11 is 3.50. The van der Waals surface area contributed by atoms with Crippen LogP contribution in [-0.4, -0.2) is 53.8 Å². The Morgan fingerprint density at radius 1 is 1.39 bits per heavy atom. The number of benzene rings is 1. The standard InChI is InChI=1S/C17H23BrN4O/c1-13(22-5-7-23-8-6-22)10-19-12-17-20-11-16(21-17)14-3-2-4-15(18)9-14/h2-4,9,11,13,19H,5-8,10,12H2,1H3,(H,20,21). The third-order valence-electron chi connectivity index (χ3n) is 4.17. The van der Waals surface area contributed by atoms with Crippen molar-refractivity contribution in [2.24, 2.45) is 0 Å². The number of ether oxygens (including phenoxy) is 1. The van der Waals surface area contributed by atoms with Gasteiger partial charge in [0.15, 0.2) is 0 Å². The molecule has 1 fully saturated rings. The molecule has 1 aliphatic rings. The van der Waals surface area contributed by atoms with E-state index in [1.165, 1.54) is 0 Å². The molecule has 3 rings (SSSR count). The Kier molecular flexibility index (Phi) is 5.83. The summed E-state index contributed by atoms with van der Waals surface area (Å²) < 4.78 is 6.47. The minimum absolute atomic E-state index is 0.512. The molecule has 2 N–H and O–H groups in total. The molecule has 0 amide bonds. The number of H-pyrrole nitrogens is 1. The molecular formula is C17H23BrN4O. The summed E-state index contributed by atoms with van der Waals surface area (Å²) in [6, 6.07) is 8.73. The lowest BCUT2D eigenvalue weighted by Crippen LogP contribution is -2.46. The molecular weight excluding hydrogens is 356 g/mol. The molecule has 5 nitrogen and oxygen atoms in total. The molecule has 1 unspecified atom stereocenters. The number of aromatic amines is 1. The second kappa shape index (κ2) is 8.06. The Morgan fingerprint density at radius 3 is 3.00 bits per heavy atom. The number of imidazole rings is 1. The fraction of sp³-hybridized carbons (Fsp3) is 0.471. The van der Waals surface area contributed by atoms with Crippen LogP contribution in [0.4, 0.5) is 0 Å². The van der Waals surface area contributed by atoms with Gasteiger partial charge < -0.3 is 15.0 Å². The second-order valence-corrected chi connectivity index (χ2v) is 6.80. The lowest BCUT2D eigenvalue weighted by atomic mass is 10.2. The van der Waals surface area contributed by atoms with Crippen LogP contribution in [0.5, 0.6) is 0 Å². The van der Waals surface area contributed by atoms with Crippen molar-refractivity contribution in [1.29, 1.82) is 0 Å². The van der Waals surface area contributed by atoms with Gasteiger partial charge in [-0.15, -0.1) is 0 Å². The number of hydrogen-bond donors (Lipinski definition) is 2. The molecule has 0 bridgehead atoms. The second-order valence-electron chi connectivity index (χ2n) is 5.88. The third kappa shape index (κ3) is 4.64. The smallest absolute Gasteiger partial charge is 0.120 e. The largest absolute Gasteiger partial charge is 0.379 e. The molecule has 0 saturated carbocycles. The summed E-state index contributed by atoms with van der Waals surface area (Å²) in [5.74, 6) is 0.967. The highest BCUT2D eigenvalue weighted by Crippen LogP contribution is 2.21. The van der Waals surface area contributed by atoms with E-state index in [0.717, 1.165) is 60.9 Å². The zero-order valence-electron chi connectivity index (χ0n) is 13.4. The SMILES string of the molecule is CC(CNCc1ncc(-c2cccc(Br)c2)[nH]1)N1CCOCC1. The number of morpholine rings is 1. The maximum atomic E-state index is 5.40. The van der Waals surface area contributed by atoms with Gasteiger partial charge in [-0.05, 0) is 19.1 Å². The molecule has 2 aromatic rings. The van der Waals surface area contributed by atoms with Gasteiger partial charge in [0.25, 0.3) is 0 Å². The van der Waals surface area contributed by atoms with E-state index < -0.39 is 0 Å². The van der Waals surface area contributed by atoms with Gasteiger partial charge in [0.2, 0.25) is 0 Å². The number of nitrogens with zero attached hydrogens (tertiary/aromatic N) is 2. The molecule has 0 aliphatic carbocycles. The summed E-state index contributed by atoms with van der Waals surface area (Å²) in [6.45, 7) is 7.70. The molecule has 0 spiro atoms. The molecule has 1 saturated heterocycles. The summed E-state index contributed by atoms with van der Waals surface area (Å²) in [4.78, 5) is 10.3. The van der Waals surface area contributed by atoms with E-state index in [1.54, 1.807) is 0 Å². The van der Waals surface area contributed by atoms with Crippen LogP contribution < -0.4 is 5.32 Å². The van der Waals surface area contributed by atoms with Crippen molar-refractivity contribution in [2.75, 3.05) is 32.8 Å². The van der Waals surface area contributed by atoms with E-state index in [9.17, 15) is 0 Å². The fourth-order valence-electron chi connectivity index (χ4n) is 2.80. The van der Waals surface area contributed by atoms with E-state index in [0.29, 0.717) is 6.04 Å². The minimum atomic E-state index is 0.512. The zero-order valence-corrected chi connectivity index (χ0v) is 15.0. The van der Waals surface area contributed by atoms with Crippen molar-refractivity contribution >= 4 is 15.9 Å². The molecule has 1 aromatic carbocycles. The van der Waals surface area contributed by atoms with Crippen LogP contribution in [0.3, 0.4) is 0 Å². The number of halogens is 1. The summed E-state index contributed by atoms with van der Waals surface area (Å²) in [7, 11) is 0. The highest BCUT2D eigenvalue weighted by atomic mass is 79.9. The molecule has 2 heterocycles. The van der Waals surface area contributed by atoms with Gasteiger partial charge >= 0.3 is 0 Å². The van der Waals surface area contributed by atoms with E-state index >= 15 is 0 Å². The zero-order chi connectivity index (χ0) is 16.1. The van der Waals surface area contributed by atoms with Gasteiger partial charge in [-0.25, -0.2) is 4.98 Å². The van der Waals surface area contributed by atoms with Crippen LogP contribution in [0.1, 0.15) is 12.7 Å². The maximum Gasteiger partial charge on any atom is 0.120 e. The van der Waals surface area contributed by atoms with Gasteiger partial charge in [-0.1, -0.05) is 28.1 Å². The number of nitrogens with one attached hydrogen (secondary N) is 2. The first-order valence-corrected chi connectivity index (χ1v) is 8.84. The lowest BCUT2D eigenvalue weighted by molar-refractivity contribution is 0.0203. The molecule has 0 radical (unpaired) electrons. The quantitative estimate of drug-likeness (QED) is 0.811. The molecule has 6 heteroatoms. The first kappa shape index (κ1) is 16.6. The van der Waals surface area contributed by atoms with Crippen LogP contribution in [-0.2, 0) is 11.3 Å². The van der Waals surface area contributed by atoms with E-state index in [2.05, 4.69) is 55.2 Å². The normalized spacial score (nSPS) is 17.3. The van der Waals surface area contributed by atoms with E-state index in [1.807, 2.05) is 18.3 Å². The van der Waals surface area contributed by atoms with Gasteiger partial charge in [0.1, 0.15) is 5.82 Å². The first-order chi connectivity index (χ1) is 11.2. The van der Waals surface area contributed by atoms with Gasteiger partial charge in [-0.2, -0.15) is 0 Å². The third-order valence-corrected chi connectivity index (χ3v) is 4.66. The van der Waals surface area contributed by atoms with Crippen molar-refractivity contribution in [3.05, 3.63) is 40.8 Å². The minimum Gasteiger partial charge on any atom is -0.379 e. The Morgan fingerprint density at radius 2 is 2.22 bits per heavy atom. The van der Waals surface area contributed by atoms with Crippen molar-refractivity contribution in [2.45, 2.75) is 19.5 Å². The highest BCUT2D eigenvalue weighted by Gasteiger charge is 2.16. The van der Waals surface area contributed by atoms with E-state index in [-0.39, 0.29) is 0 Å². The highest BCUT2D eigenvalue weighted by molar-refractivity contribution is 9.10.